The van der Waals surface area contributed by atoms with Gasteiger partial charge in [-0.1, -0.05) is 43.3 Å². The van der Waals surface area contributed by atoms with Crippen LogP contribution in [-0.4, -0.2) is 29.6 Å². The maximum atomic E-state index is 13.5. The first-order chi connectivity index (χ1) is 12.6. The second-order valence-electron chi connectivity index (χ2n) is 8.02. The minimum atomic E-state index is -0.207. The zero-order chi connectivity index (χ0) is 17.7. The number of amidine groups is 1. The fourth-order valence-corrected chi connectivity index (χ4v) is 4.84. The molecule has 1 saturated carbocycles. The lowest BCUT2D eigenvalue weighted by molar-refractivity contribution is 0.114. The van der Waals surface area contributed by atoms with Gasteiger partial charge in [0.05, 0.1) is 6.04 Å². The fraction of sp³-hybridized carbons (Fsp3) is 0.409. The number of hydrogen-bond acceptors (Lipinski definition) is 3. The molecule has 5 rings (SSSR count). The van der Waals surface area contributed by atoms with Crippen molar-refractivity contribution < 1.29 is 9.13 Å². The quantitative estimate of drug-likeness (QED) is 0.765. The van der Waals surface area contributed by atoms with Crippen molar-refractivity contribution in [2.45, 2.75) is 37.8 Å². The molecular formula is C22H23FN2O. The third-order valence-corrected chi connectivity index (χ3v) is 5.97. The van der Waals surface area contributed by atoms with Gasteiger partial charge >= 0.3 is 0 Å². The first kappa shape index (κ1) is 15.9. The molecule has 0 saturated heterocycles. The summed E-state index contributed by atoms with van der Waals surface area (Å²) in [6.45, 7) is 3.84. The Labute approximate surface area is 153 Å². The molecule has 3 nitrogen and oxygen atoms in total. The van der Waals surface area contributed by atoms with Crippen LogP contribution in [0, 0.1) is 11.7 Å². The minimum absolute atomic E-state index is 0.000932. The summed E-state index contributed by atoms with van der Waals surface area (Å²) >= 11 is 0. The SMILES string of the molecule is CC1CC2(COC(N3CCc4ccccc4[C@@H]3c3ccc(F)cc3)=N2)C1. The van der Waals surface area contributed by atoms with Crippen LogP contribution in [0.1, 0.15) is 42.5 Å². The zero-order valence-electron chi connectivity index (χ0n) is 15.0. The number of aliphatic imine (C=N–C) groups is 1. The minimum Gasteiger partial charge on any atom is -0.463 e. The Morgan fingerprint density at radius 2 is 1.88 bits per heavy atom. The van der Waals surface area contributed by atoms with Crippen molar-refractivity contribution in [2.24, 2.45) is 10.9 Å². The van der Waals surface area contributed by atoms with Crippen LogP contribution in [0.15, 0.2) is 53.5 Å². The normalized spacial score (nSPS) is 29.8. The highest BCUT2D eigenvalue weighted by Crippen LogP contribution is 2.45. The lowest BCUT2D eigenvalue weighted by atomic mass is 9.70. The Hall–Kier alpha value is -2.36. The van der Waals surface area contributed by atoms with E-state index in [0.29, 0.717) is 6.61 Å². The molecule has 0 radical (unpaired) electrons. The van der Waals surface area contributed by atoms with E-state index in [0.717, 1.165) is 43.3 Å². The predicted molar refractivity (Wildman–Crippen MR) is 99.6 cm³/mol. The first-order valence-corrected chi connectivity index (χ1v) is 9.46. The Morgan fingerprint density at radius 3 is 2.65 bits per heavy atom. The average molecular weight is 350 g/mol. The summed E-state index contributed by atoms with van der Waals surface area (Å²) in [7, 11) is 0. The van der Waals surface area contributed by atoms with Gasteiger partial charge in [-0.15, -0.1) is 0 Å². The molecule has 2 aromatic carbocycles. The van der Waals surface area contributed by atoms with Gasteiger partial charge in [-0.3, -0.25) is 0 Å². The van der Waals surface area contributed by atoms with E-state index in [2.05, 4.69) is 36.1 Å². The fourth-order valence-electron chi connectivity index (χ4n) is 4.84. The molecule has 134 valence electrons. The van der Waals surface area contributed by atoms with Crippen LogP contribution in [0.25, 0.3) is 0 Å². The van der Waals surface area contributed by atoms with Crippen molar-refractivity contribution in [3.05, 3.63) is 71.0 Å². The van der Waals surface area contributed by atoms with E-state index in [-0.39, 0.29) is 17.4 Å². The highest BCUT2D eigenvalue weighted by Gasteiger charge is 2.48. The van der Waals surface area contributed by atoms with E-state index in [9.17, 15) is 4.39 Å². The molecule has 26 heavy (non-hydrogen) atoms. The van der Waals surface area contributed by atoms with E-state index in [1.807, 2.05) is 12.1 Å². The summed E-state index contributed by atoms with van der Waals surface area (Å²) < 4.78 is 19.6. The lowest BCUT2D eigenvalue weighted by Gasteiger charge is -2.39. The van der Waals surface area contributed by atoms with E-state index in [1.54, 1.807) is 0 Å². The number of ether oxygens (including phenoxy) is 1. The molecule has 2 heterocycles. The number of rotatable bonds is 1. The molecule has 0 unspecified atom stereocenters. The summed E-state index contributed by atoms with van der Waals surface area (Å²) in [6.07, 6.45) is 3.20. The van der Waals surface area contributed by atoms with Crippen LogP contribution in [0.5, 0.6) is 0 Å². The van der Waals surface area contributed by atoms with E-state index in [4.69, 9.17) is 9.73 Å². The standard InChI is InChI=1S/C22H23FN2O/c1-15-12-22(13-15)14-26-21(24-22)25-11-10-16-4-2-3-5-19(16)20(25)17-6-8-18(23)9-7-17/h2-9,15,20H,10-14H2,1H3/t15?,20-,22?/m0/s1. The summed E-state index contributed by atoms with van der Waals surface area (Å²) in [5.41, 5.74) is 3.69. The summed E-state index contributed by atoms with van der Waals surface area (Å²) in [4.78, 5) is 7.28. The summed E-state index contributed by atoms with van der Waals surface area (Å²) in [5, 5.41) is 0. The van der Waals surface area contributed by atoms with Gasteiger partial charge in [0.15, 0.2) is 0 Å². The van der Waals surface area contributed by atoms with Crippen LogP contribution in [0.4, 0.5) is 4.39 Å². The number of fused-ring (bicyclic) bond motifs is 1. The summed E-state index contributed by atoms with van der Waals surface area (Å²) in [5.74, 6) is 0.526. The first-order valence-electron chi connectivity index (χ1n) is 9.46. The summed E-state index contributed by atoms with van der Waals surface area (Å²) in [6, 6.07) is 16.1. The van der Waals surface area contributed by atoms with Gasteiger partial charge in [0, 0.05) is 6.54 Å². The Balaban J connectivity index is 1.55. The van der Waals surface area contributed by atoms with Crippen molar-refractivity contribution in [1.82, 2.24) is 4.90 Å². The second-order valence-corrected chi connectivity index (χ2v) is 8.02. The van der Waals surface area contributed by atoms with Crippen LogP contribution in [0.3, 0.4) is 0 Å². The number of benzene rings is 2. The molecule has 0 aromatic heterocycles. The molecule has 0 bridgehead atoms. The van der Waals surface area contributed by atoms with Gasteiger partial charge in [-0.05, 0) is 54.0 Å². The smallest absolute Gasteiger partial charge is 0.288 e. The molecule has 0 amide bonds. The Bertz CT molecular complexity index is 855. The largest absolute Gasteiger partial charge is 0.463 e. The molecule has 1 fully saturated rings. The second kappa shape index (κ2) is 5.83. The van der Waals surface area contributed by atoms with E-state index >= 15 is 0 Å². The van der Waals surface area contributed by atoms with Gasteiger partial charge in [0.1, 0.15) is 18.0 Å². The van der Waals surface area contributed by atoms with Crippen LogP contribution < -0.4 is 0 Å². The maximum Gasteiger partial charge on any atom is 0.288 e. The maximum absolute atomic E-state index is 13.5. The number of nitrogens with zero attached hydrogens (tertiary/aromatic N) is 2. The van der Waals surface area contributed by atoms with Crippen molar-refractivity contribution in [2.75, 3.05) is 13.2 Å². The van der Waals surface area contributed by atoms with Crippen LogP contribution in [-0.2, 0) is 11.2 Å². The molecule has 0 N–H and O–H groups in total. The molecule has 2 aromatic rings. The number of halogens is 1. The van der Waals surface area contributed by atoms with Crippen LogP contribution in [0.2, 0.25) is 0 Å². The molecule has 4 heteroatoms. The van der Waals surface area contributed by atoms with Crippen LogP contribution >= 0.6 is 0 Å². The number of hydrogen-bond donors (Lipinski definition) is 0. The van der Waals surface area contributed by atoms with Gasteiger partial charge in [-0.2, -0.15) is 0 Å². The van der Waals surface area contributed by atoms with E-state index in [1.165, 1.54) is 23.3 Å². The zero-order valence-corrected chi connectivity index (χ0v) is 15.0. The monoisotopic (exact) mass is 350 g/mol. The average Bonchev–Trinajstić information content (AvgIpc) is 3.06. The molecule has 1 atom stereocenters. The van der Waals surface area contributed by atoms with Crippen molar-refractivity contribution >= 4 is 6.02 Å². The molecule has 1 aliphatic carbocycles. The molecule has 1 spiro atoms. The molecule has 2 aliphatic heterocycles. The van der Waals surface area contributed by atoms with Crippen molar-refractivity contribution in [3.8, 4) is 0 Å². The Morgan fingerprint density at radius 1 is 1.12 bits per heavy atom. The third-order valence-electron chi connectivity index (χ3n) is 5.97. The third kappa shape index (κ3) is 2.51. The molecular weight excluding hydrogens is 327 g/mol. The van der Waals surface area contributed by atoms with Crippen molar-refractivity contribution in [1.29, 1.82) is 0 Å². The lowest BCUT2D eigenvalue weighted by Crippen LogP contribution is -2.42. The van der Waals surface area contributed by atoms with E-state index < -0.39 is 0 Å². The molecule has 3 aliphatic rings. The highest BCUT2D eigenvalue weighted by molar-refractivity contribution is 5.78. The predicted octanol–water partition coefficient (Wildman–Crippen LogP) is 4.33. The van der Waals surface area contributed by atoms with Gasteiger partial charge < -0.3 is 9.64 Å². The van der Waals surface area contributed by atoms with Gasteiger partial charge in [0.2, 0.25) is 0 Å². The highest BCUT2D eigenvalue weighted by atomic mass is 19.1. The van der Waals surface area contributed by atoms with Gasteiger partial charge in [0.25, 0.3) is 6.02 Å². The van der Waals surface area contributed by atoms with Crippen molar-refractivity contribution in [3.63, 3.8) is 0 Å². The van der Waals surface area contributed by atoms with Gasteiger partial charge in [-0.25, -0.2) is 9.38 Å². The Kier molecular flexibility index (Phi) is 3.56. The topological polar surface area (TPSA) is 24.8 Å².